The van der Waals surface area contributed by atoms with Crippen LogP contribution in [0.3, 0.4) is 0 Å². The van der Waals surface area contributed by atoms with Gasteiger partial charge in [0.05, 0.1) is 11.1 Å². The van der Waals surface area contributed by atoms with Crippen molar-refractivity contribution >= 4 is 32.7 Å². The lowest BCUT2D eigenvalue weighted by atomic mass is 10.1. The van der Waals surface area contributed by atoms with Gasteiger partial charge in [-0.1, -0.05) is 28.1 Å². The summed E-state index contributed by atoms with van der Waals surface area (Å²) in [5, 5.41) is 4.18. The Balaban J connectivity index is 2.07. The van der Waals surface area contributed by atoms with Crippen LogP contribution in [0, 0.1) is 6.92 Å². The Kier molecular flexibility index (Phi) is 6.43. The maximum Gasteiger partial charge on any atom is 0.416 e. The van der Waals surface area contributed by atoms with Crippen LogP contribution >= 0.6 is 15.9 Å². The third-order valence-electron chi connectivity index (χ3n) is 4.49. The second kappa shape index (κ2) is 8.67. The zero-order valence-corrected chi connectivity index (χ0v) is 18.0. The molecule has 0 bridgehead atoms. The summed E-state index contributed by atoms with van der Waals surface area (Å²) in [4.78, 5) is 11.2. The number of halogens is 4. The first kappa shape index (κ1) is 21.5. The predicted molar refractivity (Wildman–Crippen MR) is 114 cm³/mol. The zero-order valence-electron chi connectivity index (χ0n) is 16.4. The van der Waals surface area contributed by atoms with Gasteiger partial charge in [-0.2, -0.15) is 13.2 Å². The second-order valence-electron chi connectivity index (χ2n) is 7.18. The van der Waals surface area contributed by atoms with Crippen molar-refractivity contribution < 1.29 is 13.2 Å². The van der Waals surface area contributed by atoms with E-state index in [4.69, 9.17) is 0 Å². The molecule has 4 nitrogen and oxygen atoms in total. The van der Waals surface area contributed by atoms with Crippen molar-refractivity contribution in [2.75, 3.05) is 32.5 Å². The molecule has 0 fully saturated rings. The molecule has 8 heteroatoms. The summed E-state index contributed by atoms with van der Waals surface area (Å²) in [5.41, 5.74) is 1.23. The van der Waals surface area contributed by atoms with Gasteiger partial charge in [-0.25, -0.2) is 9.97 Å². The van der Waals surface area contributed by atoms with E-state index in [0.717, 1.165) is 41.6 Å². The van der Waals surface area contributed by atoms with E-state index in [1.54, 1.807) is 6.07 Å². The lowest BCUT2D eigenvalue weighted by Gasteiger charge is -2.14. The molecular formula is C21H22BrF3N4. The third-order valence-corrected chi connectivity index (χ3v) is 4.94. The maximum atomic E-state index is 13.3. The Morgan fingerprint density at radius 1 is 1.10 bits per heavy atom. The van der Waals surface area contributed by atoms with E-state index in [9.17, 15) is 13.2 Å². The number of hydrogen-bond donors (Lipinski definition) is 1. The highest BCUT2D eigenvalue weighted by Crippen LogP contribution is 2.35. The van der Waals surface area contributed by atoms with E-state index in [1.807, 2.05) is 39.2 Å². The minimum atomic E-state index is -4.45. The van der Waals surface area contributed by atoms with E-state index in [2.05, 4.69) is 36.1 Å². The van der Waals surface area contributed by atoms with Gasteiger partial charge in [0.2, 0.25) is 0 Å². The van der Waals surface area contributed by atoms with Crippen molar-refractivity contribution in [1.29, 1.82) is 0 Å². The van der Waals surface area contributed by atoms with Crippen LogP contribution < -0.4 is 5.32 Å². The number of aryl methyl sites for hydroxylation is 1. The van der Waals surface area contributed by atoms with Gasteiger partial charge in [0.1, 0.15) is 5.82 Å². The summed E-state index contributed by atoms with van der Waals surface area (Å²) in [7, 11) is 4.01. The van der Waals surface area contributed by atoms with Gasteiger partial charge in [0.25, 0.3) is 0 Å². The molecule has 3 rings (SSSR count). The lowest BCUT2D eigenvalue weighted by molar-refractivity contribution is -0.137. The molecule has 3 aromatic rings. The van der Waals surface area contributed by atoms with Gasteiger partial charge in [-0.3, -0.25) is 0 Å². The monoisotopic (exact) mass is 466 g/mol. The van der Waals surface area contributed by atoms with E-state index in [-0.39, 0.29) is 5.82 Å². The highest BCUT2D eigenvalue weighted by molar-refractivity contribution is 9.10. The zero-order chi connectivity index (χ0) is 21.2. The highest BCUT2D eigenvalue weighted by Gasteiger charge is 2.31. The van der Waals surface area contributed by atoms with Crippen molar-refractivity contribution in [3.8, 4) is 11.4 Å². The first-order valence-corrected chi connectivity index (χ1v) is 9.98. The number of benzene rings is 2. The minimum Gasteiger partial charge on any atom is -0.369 e. The fourth-order valence-corrected chi connectivity index (χ4v) is 3.54. The van der Waals surface area contributed by atoms with Gasteiger partial charge in [-0.05, 0) is 63.8 Å². The largest absolute Gasteiger partial charge is 0.416 e. The average Bonchev–Trinajstić information content (AvgIpc) is 2.64. The second-order valence-corrected chi connectivity index (χ2v) is 8.09. The summed E-state index contributed by atoms with van der Waals surface area (Å²) in [6, 6.07) is 9.51. The standard InChI is InChI=1S/C21H22BrF3N4/c1-13-6-4-7-17-18(13)27-19(28-20(17)26-8-5-9-29(2)3)14-10-15(21(23,24)25)12-16(22)11-14/h4,6-7,10-12H,5,8-9H2,1-3H3,(H,26,27,28). The van der Waals surface area contributed by atoms with Crippen LogP contribution in [0.4, 0.5) is 19.0 Å². The summed E-state index contributed by atoms with van der Waals surface area (Å²) in [6.07, 6.45) is -3.53. The Morgan fingerprint density at radius 2 is 1.86 bits per heavy atom. The highest BCUT2D eigenvalue weighted by atomic mass is 79.9. The molecule has 0 atom stereocenters. The van der Waals surface area contributed by atoms with Crippen molar-refractivity contribution in [3.63, 3.8) is 0 Å². The first-order valence-electron chi connectivity index (χ1n) is 9.19. The van der Waals surface area contributed by atoms with Crippen LogP contribution in [0.15, 0.2) is 40.9 Å². The molecule has 1 heterocycles. The molecule has 0 aliphatic rings. The van der Waals surface area contributed by atoms with E-state index in [0.29, 0.717) is 22.4 Å². The van der Waals surface area contributed by atoms with Gasteiger partial charge in [-0.15, -0.1) is 0 Å². The van der Waals surface area contributed by atoms with Crippen molar-refractivity contribution in [2.45, 2.75) is 19.5 Å². The molecule has 0 saturated heterocycles. The number of hydrogen-bond acceptors (Lipinski definition) is 4. The smallest absolute Gasteiger partial charge is 0.369 e. The Bertz CT molecular complexity index is 1020. The number of aromatic nitrogens is 2. The lowest BCUT2D eigenvalue weighted by Crippen LogP contribution is -2.17. The minimum absolute atomic E-state index is 0.258. The van der Waals surface area contributed by atoms with Crippen molar-refractivity contribution in [3.05, 3.63) is 52.0 Å². The van der Waals surface area contributed by atoms with Crippen LogP contribution in [-0.2, 0) is 6.18 Å². The number of para-hydroxylation sites is 1. The molecule has 1 N–H and O–H groups in total. The van der Waals surface area contributed by atoms with E-state index in [1.165, 1.54) is 0 Å². The first-order chi connectivity index (χ1) is 13.6. The van der Waals surface area contributed by atoms with Gasteiger partial charge >= 0.3 is 6.18 Å². The molecule has 0 amide bonds. The quantitative estimate of drug-likeness (QED) is 0.469. The van der Waals surface area contributed by atoms with Crippen molar-refractivity contribution in [2.24, 2.45) is 0 Å². The summed E-state index contributed by atoms with van der Waals surface area (Å²) in [6.45, 7) is 3.55. The molecule has 0 saturated carbocycles. The average molecular weight is 467 g/mol. The van der Waals surface area contributed by atoms with Gasteiger partial charge in [0.15, 0.2) is 5.82 Å². The molecule has 2 aromatic carbocycles. The predicted octanol–water partition coefficient (Wildman–Crippen LogP) is 5.75. The summed E-state index contributed by atoms with van der Waals surface area (Å²) in [5.74, 6) is 0.884. The summed E-state index contributed by atoms with van der Waals surface area (Å²) >= 11 is 3.17. The van der Waals surface area contributed by atoms with Crippen LogP contribution in [0.25, 0.3) is 22.3 Å². The van der Waals surface area contributed by atoms with Gasteiger partial charge in [0, 0.05) is 22.0 Å². The number of nitrogens with one attached hydrogen (secondary N) is 1. The molecule has 29 heavy (non-hydrogen) atoms. The fraction of sp³-hybridized carbons (Fsp3) is 0.333. The van der Waals surface area contributed by atoms with Gasteiger partial charge < -0.3 is 10.2 Å². The van der Waals surface area contributed by atoms with Crippen LogP contribution in [0.1, 0.15) is 17.5 Å². The van der Waals surface area contributed by atoms with Crippen LogP contribution in [0.2, 0.25) is 0 Å². The molecule has 0 aliphatic carbocycles. The molecule has 1 aromatic heterocycles. The van der Waals surface area contributed by atoms with E-state index >= 15 is 0 Å². The molecule has 154 valence electrons. The number of rotatable bonds is 6. The molecule has 0 spiro atoms. The SMILES string of the molecule is Cc1cccc2c(NCCCN(C)C)nc(-c3cc(Br)cc(C(F)(F)F)c3)nc12. The molecular weight excluding hydrogens is 445 g/mol. The fourth-order valence-electron chi connectivity index (χ4n) is 3.04. The Hall–Kier alpha value is -2.19. The van der Waals surface area contributed by atoms with Crippen molar-refractivity contribution in [1.82, 2.24) is 14.9 Å². The van der Waals surface area contributed by atoms with E-state index < -0.39 is 11.7 Å². The number of alkyl halides is 3. The summed E-state index contributed by atoms with van der Waals surface area (Å²) < 4.78 is 40.1. The normalized spacial score (nSPS) is 12.0. The number of fused-ring (bicyclic) bond motifs is 1. The molecule has 0 aliphatic heterocycles. The van der Waals surface area contributed by atoms with Crippen LogP contribution in [0.5, 0.6) is 0 Å². The number of nitrogens with zero attached hydrogens (tertiary/aromatic N) is 3. The maximum absolute atomic E-state index is 13.3. The third kappa shape index (κ3) is 5.25. The Morgan fingerprint density at radius 3 is 2.55 bits per heavy atom. The number of anilines is 1. The Labute approximate surface area is 176 Å². The van der Waals surface area contributed by atoms with Crippen LogP contribution in [-0.4, -0.2) is 42.1 Å². The molecule has 0 radical (unpaired) electrons. The topological polar surface area (TPSA) is 41.0 Å². The molecule has 0 unspecified atom stereocenters.